The van der Waals surface area contributed by atoms with Gasteiger partial charge in [-0.2, -0.15) is 11.8 Å². The van der Waals surface area contributed by atoms with Crippen molar-refractivity contribution in [3.05, 3.63) is 64.9 Å². The second-order valence-corrected chi connectivity index (χ2v) is 8.58. The van der Waals surface area contributed by atoms with Gasteiger partial charge in [0.25, 0.3) is 0 Å². The van der Waals surface area contributed by atoms with Gasteiger partial charge < -0.3 is 20.3 Å². The Balaban J connectivity index is 1.85. The summed E-state index contributed by atoms with van der Waals surface area (Å²) in [6, 6.07) is 5.83. The molecule has 1 aromatic heterocycles. The number of nitrogens with one attached hydrogen (secondary N) is 1. The number of ether oxygens (including phenoxy) is 1. The summed E-state index contributed by atoms with van der Waals surface area (Å²) in [6.45, 7) is 2.07. The zero-order chi connectivity index (χ0) is 22.7. The van der Waals surface area contributed by atoms with Crippen molar-refractivity contribution in [1.82, 2.24) is 15.2 Å². The number of aliphatic imine (C=N–C) groups is 1. The van der Waals surface area contributed by atoms with E-state index in [-0.39, 0.29) is 34.2 Å². The van der Waals surface area contributed by atoms with E-state index in [2.05, 4.69) is 20.2 Å². The number of phenols is 2. The van der Waals surface area contributed by atoms with Crippen LogP contribution in [-0.4, -0.2) is 70.2 Å². The Morgan fingerprint density at radius 3 is 2.78 bits per heavy atom. The molecule has 0 radical (unpaired) electrons. The molecule has 0 bridgehead atoms. The number of pyridine rings is 1. The number of hydrogen-bond donors (Lipinski definition) is 3. The van der Waals surface area contributed by atoms with Crippen LogP contribution in [-0.2, 0) is 9.53 Å². The van der Waals surface area contributed by atoms with Crippen molar-refractivity contribution in [3.8, 4) is 11.5 Å². The third kappa shape index (κ3) is 4.56. The van der Waals surface area contributed by atoms with E-state index in [1.165, 1.54) is 43.6 Å². The fraction of sp³-hybridized carbons (Fsp3) is 0.318. The van der Waals surface area contributed by atoms with Crippen molar-refractivity contribution in [2.24, 2.45) is 4.99 Å². The number of aromatic nitrogens is 1. The zero-order valence-electron chi connectivity index (χ0n) is 17.4. The number of amidine groups is 1. The lowest BCUT2D eigenvalue weighted by molar-refractivity contribution is -0.136. The van der Waals surface area contributed by atoms with Gasteiger partial charge in [0.05, 0.1) is 12.7 Å². The van der Waals surface area contributed by atoms with Crippen molar-refractivity contribution >= 4 is 23.6 Å². The number of phenolic OH excluding ortho intramolecular Hbond substituents is 2. The van der Waals surface area contributed by atoms with Gasteiger partial charge in [-0.15, -0.1) is 0 Å². The van der Waals surface area contributed by atoms with Gasteiger partial charge in [-0.1, -0.05) is 0 Å². The molecule has 2 aromatic rings. The molecule has 1 saturated heterocycles. The molecule has 0 saturated carbocycles. The van der Waals surface area contributed by atoms with Crippen molar-refractivity contribution in [2.45, 2.75) is 6.04 Å². The minimum atomic E-state index is -0.977. The van der Waals surface area contributed by atoms with Crippen LogP contribution in [0.5, 0.6) is 11.5 Å². The molecule has 1 atom stereocenters. The van der Waals surface area contributed by atoms with Crippen LogP contribution in [0, 0.1) is 5.82 Å². The van der Waals surface area contributed by atoms with Crippen LogP contribution >= 0.6 is 11.8 Å². The van der Waals surface area contributed by atoms with E-state index in [0.29, 0.717) is 12.2 Å². The van der Waals surface area contributed by atoms with Gasteiger partial charge in [0.1, 0.15) is 23.2 Å². The molecule has 32 heavy (non-hydrogen) atoms. The van der Waals surface area contributed by atoms with Gasteiger partial charge in [-0.05, 0) is 24.3 Å². The average molecular weight is 459 g/mol. The lowest BCUT2D eigenvalue weighted by atomic mass is 9.94. The maximum Gasteiger partial charge on any atom is 0.338 e. The number of nitrogens with zero attached hydrogens (tertiary/aromatic N) is 3. The third-order valence-corrected chi connectivity index (χ3v) is 6.25. The normalized spacial score (nSPS) is 19.3. The molecule has 3 heterocycles. The van der Waals surface area contributed by atoms with Gasteiger partial charge in [-0.25, -0.2) is 14.2 Å². The number of aromatic hydroxyl groups is 2. The average Bonchev–Trinajstić information content (AvgIpc) is 2.79. The Hall–Kier alpha value is -3.11. The monoisotopic (exact) mass is 458 g/mol. The summed E-state index contributed by atoms with van der Waals surface area (Å²) >= 11 is 1.86. The molecule has 1 unspecified atom stereocenters. The van der Waals surface area contributed by atoms with E-state index in [0.717, 1.165) is 24.6 Å². The molecule has 168 valence electrons. The number of benzene rings is 1. The summed E-state index contributed by atoms with van der Waals surface area (Å²) in [5.74, 6) is 0.543. The fourth-order valence-corrected chi connectivity index (χ4v) is 4.70. The highest BCUT2D eigenvalue weighted by atomic mass is 32.2. The molecule has 3 N–H and O–H groups in total. The minimum absolute atomic E-state index is 0.00591. The maximum atomic E-state index is 14.6. The highest BCUT2D eigenvalue weighted by Crippen LogP contribution is 2.38. The summed E-state index contributed by atoms with van der Waals surface area (Å²) in [5.41, 5.74) is 1.01. The first-order valence-electron chi connectivity index (χ1n) is 10.1. The van der Waals surface area contributed by atoms with Crippen molar-refractivity contribution in [3.63, 3.8) is 0 Å². The van der Waals surface area contributed by atoms with Crippen molar-refractivity contribution in [2.75, 3.05) is 38.2 Å². The Morgan fingerprint density at radius 1 is 1.31 bits per heavy atom. The minimum Gasteiger partial charge on any atom is -0.508 e. The first-order valence-corrected chi connectivity index (χ1v) is 11.2. The van der Waals surface area contributed by atoms with E-state index in [4.69, 9.17) is 4.74 Å². The van der Waals surface area contributed by atoms with E-state index in [9.17, 15) is 19.4 Å². The number of esters is 1. The van der Waals surface area contributed by atoms with Crippen LogP contribution in [0.25, 0.3) is 0 Å². The van der Waals surface area contributed by atoms with Crippen molar-refractivity contribution < 1.29 is 24.1 Å². The number of halogens is 1. The van der Waals surface area contributed by atoms with Crippen LogP contribution in [0.15, 0.2) is 52.8 Å². The second kappa shape index (κ2) is 9.58. The molecule has 2 aliphatic rings. The summed E-state index contributed by atoms with van der Waals surface area (Å²) in [5, 5.41) is 23.3. The zero-order valence-corrected chi connectivity index (χ0v) is 18.2. The molecular formula is C22H23FN4O4S. The quantitative estimate of drug-likeness (QED) is 0.586. The van der Waals surface area contributed by atoms with E-state index in [1.807, 2.05) is 11.8 Å². The first kappa shape index (κ1) is 22.1. The number of rotatable bonds is 5. The number of methoxy groups -OCH3 is 1. The Bertz CT molecular complexity index is 1090. The lowest BCUT2D eigenvalue weighted by Gasteiger charge is -2.32. The first-order chi connectivity index (χ1) is 15.5. The Kier molecular flexibility index (Phi) is 6.61. The van der Waals surface area contributed by atoms with E-state index >= 15 is 0 Å². The van der Waals surface area contributed by atoms with E-state index < -0.39 is 17.8 Å². The molecular weight excluding hydrogens is 435 g/mol. The number of thioether (sulfide) groups is 1. The largest absolute Gasteiger partial charge is 0.508 e. The third-order valence-electron chi connectivity index (χ3n) is 5.31. The Labute approximate surface area is 188 Å². The predicted molar refractivity (Wildman–Crippen MR) is 119 cm³/mol. The molecule has 0 aliphatic carbocycles. The summed E-state index contributed by atoms with van der Waals surface area (Å²) in [7, 11) is 1.27. The lowest BCUT2D eigenvalue weighted by Crippen LogP contribution is -2.42. The van der Waals surface area contributed by atoms with Crippen molar-refractivity contribution in [1.29, 1.82) is 0 Å². The molecule has 0 amide bonds. The topological polar surface area (TPSA) is 107 Å². The maximum absolute atomic E-state index is 14.6. The molecule has 2 aliphatic heterocycles. The van der Waals surface area contributed by atoms with E-state index in [1.54, 1.807) is 0 Å². The number of carbonyl (C=O) groups excluding carboxylic acids is 1. The summed E-state index contributed by atoms with van der Waals surface area (Å²) in [6.07, 6.45) is 1.46. The molecule has 8 nitrogen and oxygen atoms in total. The molecule has 1 fully saturated rings. The van der Waals surface area contributed by atoms with Crippen LogP contribution in [0.4, 0.5) is 4.39 Å². The van der Waals surface area contributed by atoms with Gasteiger partial charge in [0, 0.05) is 54.7 Å². The fourth-order valence-electron chi connectivity index (χ4n) is 3.72. The van der Waals surface area contributed by atoms with Gasteiger partial charge in [-0.3, -0.25) is 9.89 Å². The van der Waals surface area contributed by atoms with Crippen LogP contribution in [0.3, 0.4) is 0 Å². The van der Waals surface area contributed by atoms with Gasteiger partial charge in [0.2, 0.25) is 0 Å². The SMILES string of the molecule is COC(=O)C1=C(CN2CCSCC2)NC(c2ncccc2F)=NC1c1ccc(O)cc1O. The molecule has 10 heteroatoms. The van der Waals surface area contributed by atoms with Crippen LogP contribution in [0.1, 0.15) is 17.3 Å². The summed E-state index contributed by atoms with van der Waals surface area (Å²) in [4.78, 5) is 23.7. The second-order valence-electron chi connectivity index (χ2n) is 7.35. The molecule has 4 rings (SSSR count). The van der Waals surface area contributed by atoms with Crippen LogP contribution in [0.2, 0.25) is 0 Å². The highest BCUT2D eigenvalue weighted by Gasteiger charge is 2.35. The Morgan fingerprint density at radius 2 is 2.09 bits per heavy atom. The number of hydrogen-bond acceptors (Lipinski definition) is 9. The molecule has 0 spiro atoms. The van der Waals surface area contributed by atoms with Crippen LogP contribution < -0.4 is 5.32 Å². The highest BCUT2D eigenvalue weighted by molar-refractivity contribution is 7.99. The van der Waals surface area contributed by atoms with Gasteiger partial charge in [0.15, 0.2) is 11.7 Å². The summed E-state index contributed by atoms with van der Waals surface area (Å²) < 4.78 is 19.6. The van der Waals surface area contributed by atoms with Gasteiger partial charge >= 0.3 is 5.97 Å². The standard InChI is InChI=1S/C22H23FN4O4S/c1-31-22(30)18-16(12-27-7-9-32-10-8-27)25-21(20-15(23)3-2-6-24-20)26-19(18)14-5-4-13(28)11-17(14)29/h2-6,11,19,28-29H,7-10,12H2,1H3,(H,25,26). The molecule has 1 aromatic carbocycles. The smallest absolute Gasteiger partial charge is 0.338 e. The number of carbonyl (C=O) groups is 1. The predicted octanol–water partition coefficient (Wildman–Crippen LogP) is 2.20.